The van der Waals surface area contributed by atoms with Crippen LogP contribution in [0.4, 0.5) is 0 Å². The number of rotatable bonds is 3. The van der Waals surface area contributed by atoms with Crippen molar-refractivity contribution in [2.45, 2.75) is 19.1 Å². The summed E-state index contributed by atoms with van der Waals surface area (Å²) in [5.41, 5.74) is 1.92. The molecule has 1 aromatic heterocycles. The fourth-order valence-electron chi connectivity index (χ4n) is 2.12. The Kier molecular flexibility index (Phi) is 3.14. The van der Waals surface area contributed by atoms with Crippen LogP contribution in [0, 0.1) is 0 Å². The first-order valence-corrected chi connectivity index (χ1v) is 6.25. The average molecular weight is 254 g/mol. The smallest absolute Gasteiger partial charge is 0.261 e. The number of fused-ring (bicyclic) bond motifs is 1. The minimum Gasteiger partial charge on any atom is -0.480 e. The number of pyridine rings is 1. The third-order valence-corrected chi connectivity index (χ3v) is 3.11. The first-order chi connectivity index (χ1) is 9.33. The molecule has 0 aliphatic carbocycles. The van der Waals surface area contributed by atoms with Crippen LogP contribution in [0.5, 0.6) is 5.75 Å². The highest BCUT2D eigenvalue weighted by Crippen LogP contribution is 2.28. The zero-order valence-electron chi connectivity index (χ0n) is 10.4. The van der Waals surface area contributed by atoms with Crippen LogP contribution in [0.1, 0.15) is 11.3 Å². The maximum atomic E-state index is 12.0. The van der Waals surface area contributed by atoms with Crippen molar-refractivity contribution in [1.82, 2.24) is 10.3 Å². The zero-order chi connectivity index (χ0) is 13.1. The van der Waals surface area contributed by atoms with Crippen molar-refractivity contribution in [3.63, 3.8) is 0 Å². The quantitative estimate of drug-likeness (QED) is 0.907. The van der Waals surface area contributed by atoms with Gasteiger partial charge in [-0.3, -0.25) is 9.78 Å². The van der Waals surface area contributed by atoms with Crippen LogP contribution in [-0.4, -0.2) is 17.0 Å². The fourth-order valence-corrected chi connectivity index (χ4v) is 2.12. The highest BCUT2D eigenvalue weighted by molar-refractivity contribution is 5.82. The molecule has 96 valence electrons. The molecule has 0 fully saturated rings. The number of carbonyl (C=O) groups is 1. The van der Waals surface area contributed by atoms with Gasteiger partial charge in [0, 0.05) is 12.6 Å². The fraction of sp³-hybridized carbons (Fsp3) is 0.200. The van der Waals surface area contributed by atoms with Crippen molar-refractivity contribution in [3.8, 4) is 5.75 Å². The number of ether oxygens (including phenoxy) is 1. The van der Waals surface area contributed by atoms with E-state index in [0.29, 0.717) is 13.0 Å². The van der Waals surface area contributed by atoms with E-state index in [1.165, 1.54) is 0 Å². The molecule has 3 rings (SSSR count). The Bertz CT molecular complexity index is 559. The molecular formula is C15H14N2O2. The van der Waals surface area contributed by atoms with Gasteiger partial charge in [-0.25, -0.2) is 0 Å². The minimum absolute atomic E-state index is 0.0955. The molecule has 1 N–H and O–H groups in total. The lowest BCUT2D eigenvalue weighted by Gasteiger charge is -2.10. The summed E-state index contributed by atoms with van der Waals surface area (Å²) in [6.07, 6.45) is 1.91. The third kappa shape index (κ3) is 2.57. The average Bonchev–Trinajstić information content (AvgIpc) is 2.90. The van der Waals surface area contributed by atoms with Gasteiger partial charge in [0.15, 0.2) is 6.10 Å². The molecule has 2 heterocycles. The van der Waals surface area contributed by atoms with E-state index in [1.807, 2.05) is 42.5 Å². The van der Waals surface area contributed by atoms with Crippen LogP contribution in [-0.2, 0) is 17.8 Å². The summed E-state index contributed by atoms with van der Waals surface area (Å²) in [5, 5.41) is 2.85. The Balaban J connectivity index is 1.58. The number of carbonyl (C=O) groups excluding carboxylic acids is 1. The Morgan fingerprint density at radius 1 is 1.26 bits per heavy atom. The van der Waals surface area contributed by atoms with Gasteiger partial charge in [-0.15, -0.1) is 0 Å². The van der Waals surface area contributed by atoms with E-state index in [2.05, 4.69) is 10.3 Å². The van der Waals surface area contributed by atoms with Crippen LogP contribution >= 0.6 is 0 Å². The van der Waals surface area contributed by atoms with E-state index in [9.17, 15) is 4.79 Å². The Hall–Kier alpha value is -2.36. The molecule has 0 bridgehead atoms. The molecule has 0 saturated heterocycles. The summed E-state index contributed by atoms with van der Waals surface area (Å²) in [6, 6.07) is 13.4. The first-order valence-electron chi connectivity index (χ1n) is 6.25. The highest BCUT2D eigenvalue weighted by Gasteiger charge is 2.28. The van der Waals surface area contributed by atoms with E-state index in [1.54, 1.807) is 6.20 Å². The van der Waals surface area contributed by atoms with Crippen LogP contribution in [0.25, 0.3) is 0 Å². The zero-order valence-corrected chi connectivity index (χ0v) is 10.4. The molecule has 4 heteroatoms. The second-order valence-electron chi connectivity index (χ2n) is 4.46. The van der Waals surface area contributed by atoms with Crippen molar-refractivity contribution >= 4 is 5.91 Å². The van der Waals surface area contributed by atoms with E-state index in [-0.39, 0.29) is 5.91 Å². The maximum absolute atomic E-state index is 12.0. The number of hydrogen-bond donors (Lipinski definition) is 1. The van der Waals surface area contributed by atoms with Gasteiger partial charge in [0.25, 0.3) is 5.91 Å². The number of hydrogen-bond acceptors (Lipinski definition) is 3. The molecule has 1 aliphatic rings. The molecule has 19 heavy (non-hydrogen) atoms. The monoisotopic (exact) mass is 254 g/mol. The Labute approximate surface area is 111 Å². The standard InChI is InChI=1S/C15H14N2O2/c18-15(17-10-12-6-3-4-8-16-12)14-9-11-5-1-2-7-13(11)19-14/h1-8,14H,9-10H2,(H,17,18). The van der Waals surface area contributed by atoms with E-state index < -0.39 is 6.10 Å². The highest BCUT2D eigenvalue weighted by atomic mass is 16.5. The van der Waals surface area contributed by atoms with Crippen LogP contribution < -0.4 is 10.1 Å². The summed E-state index contributed by atoms with van der Waals surface area (Å²) >= 11 is 0. The molecule has 0 radical (unpaired) electrons. The van der Waals surface area contributed by atoms with Gasteiger partial charge >= 0.3 is 0 Å². The maximum Gasteiger partial charge on any atom is 0.261 e. The van der Waals surface area contributed by atoms with Crippen molar-refractivity contribution in [3.05, 3.63) is 59.9 Å². The molecule has 0 spiro atoms. The number of nitrogens with zero attached hydrogens (tertiary/aromatic N) is 1. The van der Waals surface area contributed by atoms with Crippen molar-refractivity contribution in [1.29, 1.82) is 0 Å². The Morgan fingerprint density at radius 2 is 2.11 bits per heavy atom. The summed E-state index contributed by atoms with van der Waals surface area (Å²) in [6.45, 7) is 0.426. The summed E-state index contributed by atoms with van der Waals surface area (Å²) < 4.78 is 5.62. The lowest BCUT2D eigenvalue weighted by molar-refractivity contribution is -0.127. The number of aromatic nitrogens is 1. The van der Waals surface area contributed by atoms with Crippen molar-refractivity contribution in [2.24, 2.45) is 0 Å². The number of nitrogens with one attached hydrogen (secondary N) is 1. The SMILES string of the molecule is O=C(NCc1ccccn1)C1Cc2ccccc2O1. The largest absolute Gasteiger partial charge is 0.480 e. The van der Waals surface area contributed by atoms with Crippen molar-refractivity contribution in [2.75, 3.05) is 0 Å². The molecule has 1 amide bonds. The lowest BCUT2D eigenvalue weighted by Crippen LogP contribution is -2.37. The minimum atomic E-state index is -0.430. The van der Waals surface area contributed by atoms with Gasteiger partial charge < -0.3 is 10.1 Å². The topological polar surface area (TPSA) is 51.2 Å². The molecule has 4 nitrogen and oxygen atoms in total. The summed E-state index contributed by atoms with van der Waals surface area (Å²) in [4.78, 5) is 16.2. The molecule has 2 aromatic rings. The van der Waals surface area contributed by atoms with E-state index >= 15 is 0 Å². The predicted octanol–water partition coefficient (Wildman–Crippen LogP) is 1.70. The summed E-state index contributed by atoms with van der Waals surface area (Å²) in [7, 11) is 0. The van der Waals surface area contributed by atoms with Crippen LogP contribution in [0.3, 0.4) is 0 Å². The van der Waals surface area contributed by atoms with Gasteiger partial charge in [0.1, 0.15) is 5.75 Å². The van der Waals surface area contributed by atoms with Gasteiger partial charge in [0.2, 0.25) is 0 Å². The molecule has 1 atom stereocenters. The van der Waals surface area contributed by atoms with Crippen molar-refractivity contribution < 1.29 is 9.53 Å². The summed E-state index contributed by atoms with van der Waals surface area (Å²) in [5.74, 6) is 0.710. The molecule has 1 aromatic carbocycles. The second kappa shape index (κ2) is 5.10. The molecule has 1 aliphatic heterocycles. The van der Waals surface area contributed by atoms with Crippen LogP contribution in [0.15, 0.2) is 48.7 Å². The molecule has 0 saturated carbocycles. The van der Waals surface area contributed by atoms with Gasteiger partial charge in [-0.1, -0.05) is 24.3 Å². The predicted molar refractivity (Wildman–Crippen MR) is 70.6 cm³/mol. The first kappa shape index (κ1) is 11.7. The Morgan fingerprint density at radius 3 is 2.89 bits per heavy atom. The van der Waals surface area contributed by atoms with Gasteiger partial charge in [-0.05, 0) is 23.8 Å². The van der Waals surface area contributed by atoms with Gasteiger partial charge in [-0.2, -0.15) is 0 Å². The number of amides is 1. The molecule has 1 unspecified atom stereocenters. The number of para-hydroxylation sites is 1. The number of benzene rings is 1. The van der Waals surface area contributed by atoms with E-state index in [0.717, 1.165) is 17.0 Å². The lowest BCUT2D eigenvalue weighted by atomic mass is 10.1. The van der Waals surface area contributed by atoms with Crippen LogP contribution in [0.2, 0.25) is 0 Å². The van der Waals surface area contributed by atoms with Gasteiger partial charge in [0.05, 0.1) is 12.2 Å². The van der Waals surface area contributed by atoms with E-state index in [4.69, 9.17) is 4.74 Å². The molecular weight excluding hydrogens is 240 g/mol. The third-order valence-electron chi connectivity index (χ3n) is 3.11. The normalized spacial score (nSPS) is 16.5. The second-order valence-corrected chi connectivity index (χ2v) is 4.46.